The third-order valence-electron chi connectivity index (χ3n) is 1.80. The summed E-state index contributed by atoms with van der Waals surface area (Å²) >= 11 is 3.36. The zero-order chi connectivity index (χ0) is 9.68. The molecule has 0 radical (unpaired) electrons. The molecule has 0 amide bonds. The van der Waals surface area contributed by atoms with Gasteiger partial charge in [-0.15, -0.1) is 0 Å². The van der Waals surface area contributed by atoms with E-state index in [9.17, 15) is 4.79 Å². The highest BCUT2D eigenvalue weighted by Gasteiger charge is 1.97. The fraction of sp³-hybridized carbons (Fsp3) is 0.182. The Morgan fingerprint density at radius 1 is 1.38 bits per heavy atom. The van der Waals surface area contributed by atoms with Crippen LogP contribution < -0.4 is 0 Å². The second kappa shape index (κ2) is 4.97. The van der Waals surface area contributed by atoms with Crippen LogP contribution >= 0.6 is 15.9 Å². The number of carbonyl (C=O) groups is 1. The van der Waals surface area contributed by atoms with Crippen LogP contribution in [0.25, 0.3) is 0 Å². The van der Waals surface area contributed by atoms with Gasteiger partial charge < -0.3 is 0 Å². The predicted octanol–water partition coefficient (Wildman–Crippen LogP) is 3.14. The zero-order valence-corrected chi connectivity index (χ0v) is 8.88. The fourth-order valence-electron chi connectivity index (χ4n) is 1.02. The average Bonchev–Trinajstić information content (AvgIpc) is 2.16. The number of ketones is 1. The van der Waals surface area contributed by atoms with Crippen molar-refractivity contribution in [2.45, 2.75) is 12.8 Å². The first-order chi connectivity index (χ1) is 6.22. The molecule has 0 unspecified atom stereocenters. The lowest BCUT2D eigenvalue weighted by Gasteiger charge is -1.98. The van der Waals surface area contributed by atoms with Crippen LogP contribution in [0.1, 0.15) is 12.0 Å². The van der Waals surface area contributed by atoms with E-state index in [0.29, 0.717) is 6.42 Å². The third-order valence-corrected chi connectivity index (χ3v) is 2.33. The summed E-state index contributed by atoms with van der Waals surface area (Å²) in [7, 11) is 0. The van der Waals surface area contributed by atoms with E-state index < -0.39 is 0 Å². The molecule has 0 saturated carbocycles. The molecule has 0 aliphatic carbocycles. The summed E-state index contributed by atoms with van der Waals surface area (Å²) in [6.45, 7) is 3.43. The van der Waals surface area contributed by atoms with Crippen molar-refractivity contribution in [1.29, 1.82) is 0 Å². The van der Waals surface area contributed by atoms with Gasteiger partial charge in [0, 0.05) is 10.9 Å². The molecular formula is C11H11BrO. The van der Waals surface area contributed by atoms with Crippen molar-refractivity contribution in [3.63, 3.8) is 0 Å². The highest BCUT2D eigenvalue weighted by atomic mass is 79.9. The smallest absolute Gasteiger partial charge is 0.155 e. The maximum absolute atomic E-state index is 10.9. The monoisotopic (exact) mass is 238 g/mol. The molecule has 0 spiro atoms. The Morgan fingerprint density at radius 3 is 2.54 bits per heavy atom. The Kier molecular flexibility index (Phi) is 3.90. The van der Waals surface area contributed by atoms with Crippen LogP contribution in [-0.2, 0) is 11.2 Å². The summed E-state index contributed by atoms with van der Waals surface area (Å²) in [5, 5.41) is 0. The highest BCUT2D eigenvalue weighted by Crippen LogP contribution is 2.11. The summed E-state index contributed by atoms with van der Waals surface area (Å²) in [4.78, 5) is 10.9. The van der Waals surface area contributed by atoms with Gasteiger partial charge in [-0.3, -0.25) is 4.79 Å². The molecule has 0 saturated heterocycles. The van der Waals surface area contributed by atoms with E-state index >= 15 is 0 Å². The van der Waals surface area contributed by atoms with Crippen LogP contribution in [0, 0.1) is 0 Å². The summed E-state index contributed by atoms with van der Waals surface area (Å²) in [6, 6.07) is 7.99. The van der Waals surface area contributed by atoms with Crippen LogP contribution in [0.4, 0.5) is 0 Å². The van der Waals surface area contributed by atoms with E-state index in [0.717, 1.165) is 10.9 Å². The van der Waals surface area contributed by atoms with Gasteiger partial charge in [-0.1, -0.05) is 34.6 Å². The number of benzene rings is 1. The largest absolute Gasteiger partial charge is 0.295 e. The van der Waals surface area contributed by atoms with E-state index in [2.05, 4.69) is 22.5 Å². The zero-order valence-electron chi connectivity index (χ0n) is 7.29. The Hall–Kier alpha value is -0.890. The lowest BCUT2D eigenvalue weighted by molar-refractivity contribution is -0.114. The number of aryl methyl sites for hydroxylation is 1. The van der Waals surface area contributed by atoms with Crippen LogP contribution in [0.3, 0.4) is 0 Å². The van der Waals surface area contributed by atoms with Gasteiger partial charge in [-0.25, -0.2) is 0 Å². The number of rotatable bonds is 4. The Balaban J connectivity index is 2.50. The van der Waals surface area contributed by atoms with Gasteiger partial charge in [0.05, 0.1) is 0 Å². The van der Waals surface area contributed by atoms with E-state index in [1.54, 1.807) is 0 Å². The van der Waals surface area contributed by atoms with E-state index in [1.165, 1.54) is 11.6 Å². The Bertz CT molecular complexity index is 300. The van der Waals surface area contributed by atoms with Crippen LogP contribution in [0.15, 0.2) is 41.4 Å². The first-order valence-electron chi connectivity index (χ1n) is 4.12. The molecule has 1 rings (SSSR count). The molecule has 1 nitrogen and oxygen atoms in total. The predicted molar refractivity (Wildman–Crippen MR) is 57.7 cm³/mol. The van der Waals surface area contributed by atoms with Crippen molar-refractivity contribution in [2.75, 3.05) is 0 Å². The molecule has 13 heavy (non-hydrogen) atoms. The van der Waals surface area contributed by atoms with Gasteiger partial charge in [-0.05, 0) is 30.2 Å². The van der Waals surface area contributed by atoms with Gasteiger partial charge >= 0.3 is 0 Å². The molecular weight excluding hydrogens is 228 g/mol. The quantitative estimate of drug-likeness (QED) is 0.737. The topological polar surface area (TPSA) is 17.1 Å². The summed E-state index contributed by atoms with van der Waals surface area (Å²) in [5.41, 5.74) is 1.18. The lowest BCUT2D eigenvalue weighted by Crippen LogP contribution is -1.94. The fourth-order valence-corrected chi connectivity index (χ4v) is 1.29. The minimum absolute atomic E-state index is 0.0999. The Labute approximate surface area is 86.6 Å². The van der Waals surface area contributed by atoms with Crippen molar-refractivity contribution in [3.05, 3.63) is 47.0 Å². The van der Waals surface area contributed by atoms with Gasteiger partial charge in [0.1, 0.15) is 0 Å². The summed E-state index contributed by atoms with van der Waals surface area (Å²) in [5.74, 6) is 0.0999. The van der Waals surface area contributed by atoms with Gasteiger partial charge in [0.2, 0.25) is 0 Å². The van der Waals surface area contributed by atoms with Gasteiger partial charge in [-0.2, -0.15) is 0 Å². The molecule has 0 heterocycles. The number of hydrogen-bond donors (Lipinski definition) is 0. The maximum atomic E-state index is 10.9. The number of allylic oxidation sites excluding steroid dienone is 1. The van der Waals surface area contributed by atoms with Crippen molar-refractivity contribution < 1.29 is 4.79 Å². The second-order valence-corrected chi connectivity index (χ2v) is 3.71. The number of carbonyl (C=O) groups excluding carboxylic acids is 1. The third kappa shape index (κ3) is 3.55. The van der Waals surface area contributed by atoms with Crippen LogP contribution in [0.5, 0.6) is 0 Å². The highest BCUT2D eigenvalue weighted by molar-refractivity contribution is 9.10. The van der Waals surface area contributed by atoms with Crippen LogP contribution in [0.2, 0.25) is 0 Å². The number of hydrogen-bond acceptors (Lipinski definition) is 1. The van der Waals surface area contributed by atoms with Crippen molar-refractivity contribution in [3.8, 4) is 0 Å². The van der Waals surface area contributed by atoms with E-state index in [1.807, 2.05) is 24.3 Å². The second-order valence-electron chi connectivity index (χ2n) is 2.80. The Morgan fingerprint density at radius 2 is 2.00 bits per heavy atom. The van der Waals surface area contributed by atoms with E-state index in [4.69, 9.17) is 0 Å². The first kappa shape index (κ1) is 10.2. The molecule has 0 bridgehead atoms. The molecule has 1 aromatic rings. The molecule has 0 aliphatic rings. The van der Waals surface area contributed by atoms with Gasteiger partial charge in [0.25, 0.3) is 0 Å². The molecule has 68 valence electrons. The summed E-state index contributed by atoms with van der Waals surface area (Å²) < 4.78 is 1.06. The summed E-state index contributed by atoms with van der Waals surface area (Å²) in [6.07, 6.45) is 2.71. The molecule has 0 aliphatic heterocycles. The minimum Gasteiger partial charge on any atom is -0.295 e. The SMILES string of the molecule is C=CC(=O)CCc1ccc(Br)cc1. The molecule has 0 N–H and O–H groups in total. The molecule has 1 aromatic carbocycles. The lowest BCUT2D eigenvalue weighted by atomic mass is 10.1. The average molecular weight is 239 g/mol. The number of halogens is 1. The van der Waals surface area contributed by atoms with Crippen molar-refractivity contribution in [1.82, 2.24) is 0 Å². The standard InChI is InChI=1S/C11H11BrO/c1-2-11(13)8-5-9-3-6-10(12)7-4-9/h2-4,6-7H,1,5,8H2. The van der Waals surface area contributed by atoms with Crippen LogP contribution in [-0.4, -0.2) is 5.78 Å². The molecule has 2 heteroatoms. The van der Waals surface area contributed by atoms with E-state index in [-0.39, 0.29) is 5.78 Å². The minimum atomic E-state index is 0.0999. The molecule has 0 aromatic heterocycles. The normalized spacial score (nSPS) is 9.62. The maximum Gasteiger partial charge on any atom is 0.155 e. The molecule has 0 atom stereocenters. The first-order valence-corrected chi connectivity index (χ1v) is 4.91. The van der Waals surface area contributed by atoms with Crippen molar-refractivity contribution in [2.24, 2.45) is 0 Å². The van der Waals surface area contributed by atoms with Crippen molar-refractivity contribution >= 4 is 21.7 Å². The molecule has 0 fully saturated rings. The van der Waals surface area contributed by atoms with Gasteiger partial charge in [0.15, 0.2) is 5.78 Å².